The monoisotopic (exact) mass is 440 g/mol. The van der Waals surface area contributed by atoms with E-state index in [1.165, 1.54) is 5.56 Å². The van der Waals surface area contributed by atoms with Gasteiger partial charge in [0.2, 0.25) is 0 Å². The van der Waals surface area contributed by atoms with E-state index in [9.17, 15) is 4.79 Å². The second-order valence-electron chi connectivity index (χ2n) is 8.19. The molecule has 0 aliphatic carbocycles. The Morgan fingerprint density at radius 1 is 1.00 bits per heavy atom. The maximum Gasteiger partial charge on any atom is 0.256 e. The second kappa shape index (κ2) is 7.74. The summed E-state index contributed by atoms with van der Waals surface area (Å²) in [6.45, 7) is 7.75. The standard InChI is InChI=1S/C25H24N6O2/c1-14-8-10-18(11-9-14)31-17(4)23(16(3)29-31)27-25(32)19-13-20(21-7-6-12-33-21)26-24-22(19)15(2)28-30(24)5/h6-13H,1-5H3,(H,27,32). The van der Waals surface area contributed by atoms with Crippen LogP contribution in [-0.4, -0.2) is 30.5 Å². The Balaban J connectivity index is 1.58. The molecule has 0 aliphatic rings. The van der Waals surface area contributed by atoms with Crippen LogP contribution in [0.25, 0.3) is 28.2 Å². The molecule has 0 unspecified atom stereocenters. The molecule has 0 fully saturated rings. The molecule has 8 heteroatoms. The summed E-state index contributed by atoms with van der Waals surface area (Å²) in [6, 6.07) is 13.5. The number of furan rings is 1. The van der Waals surface area contributed by atoms with Gasteiger partial charge in [0.25, 0.3) is 5.91 Å². The zero-order chi connectivity index (χ0) is 23.3. The van der Waals surface area contributed by atoms with Crippen molar-refractivity contribution < 1.29 is 9.21 Å². The number of pyridine rings is 1. The first-order valence-electron chi connectivity index (χ1n) is 10.7. The average molecular weight is 441 g/mol. The smallest absolute Gasteiger partial charge is 0.256 e. The number of aromatic nitrogens is 5. The molecule has 0 atom stereocenters. The molecular formula is C25H24N6O2. The van der Waals surface area contributed by atoms with Crippen molar-refractivity contribution in [2.75, 3.05) is 5.32 Å². The van der Waals surface area contributed by atoms with E-state index in [4.69, 9.17) is 4.42 Å². The molecule has 0 spiro atoms. The number of hydrogen-bond donors (Lipinski definition) is 1. The van der Waals surface area contributed by atoms with Gasteiger partial charge in [-0.25, -0.2) is 9.67 Å². The number of carbonyl (C=O) groups excluding carboxylic acids is 1. The molecule has 33 heavy (non-hydrogen) atoms. The number of hydrogen-bond acceptors (Lipinski definition) is 5. The minimum absolute atomic E-state index is 0.249. The molecule has 0 saturated carbocycles. The van der Waals surface area contributed by atoms with E-state index in [1.807, 2.05) is 69.8 Å². The van der Waals surface area contributed by atoms with Gasteiger partial charge < -0.3 is 9.73 Å². The molecule has 5 aromatic rings. The topological polar surface area (TPSA) is 90.8 Å². The first-order chi connectivity index (χ1) is 15.8. The minimum Gasteiger partial charge on any atom is -0.463 e. The van der Waals surface area contributed by atoms with Gasteiger partial charge in [0.15, 0.2) is 11.4 Å². The van der Waals surface area contributed by atoms with E-state index >= 15 is 0 Å². The summed E-state index contributed by atoms with van der Waals surface area (Å²) in [7, 11) is 1.82. The lowest BCUT2D eigenvalue weighted by molar-refractivity contribution is 0.102. The van der Waals surface area contributed by atoms with Gasteiger partial charge in [0, 0.05) is 7.05 Å². The number of fused-ring (bicyclic) bond motifs is 1. The van der Waals surface area contributed by atoms with Crippen molar-refractivity contribution in [1.82, 2.24) is 24.5 Å². The summed E-state index contributed by atoms with van der Waals surface area (Å²) in [4.78, 5) is 18.2. The fourth-order valence-corrected chi connectivity index (χ4v) is 4.12. The number of carbonyl (C=O) groups is 1. The van der Waals surface area contributed by atoms with Crippen LogP contribution in [0.4, 0.5) is 5.69 Å². The predicted molar refractivity (Wildman–Crippen MR) is 127 cm³/mol. The minimum atomic E-state index is -0.249. The summed E-state index contributed by atoms with van der Waals surface area (Å²) < 4.78 is 9.05. The van der Waals surface area contributed by atoms with Gasteiger partial charge in [-0.3, -0.25) is 9.48 Å². The molecule has 8 nitrogen and oxygen atoms in total. The normalized spacial score (nSPS) is 11.3. The van der Waals surface area contributed by atoms with Crippen LogP contribution >= 0.6 is 0 Å². The van der Waals surface area contributed by atoms with Crippen molar-refractivity contribution in [3.63, 3.8) is 0 Å². The van der Waals surface area contributed by atoms with Crippen molar-refractivity contribution in [3.05, 3.63) is 76.9 Å². The first kappa shape index (κ1) is 20.7. The second-order valence-corrected chi connectivity index (χ2v) is 8.19. The van der Waals surface area contributed by atoms with Crippen LogP contribution in [0.15, 0.2) is 53.1 Å². The van der Waals surface area contributed by atoms with Crippen LogP contribution in [0.1, 0.15) is 33.0 Å². The molecule has 1 N–H and O–H groups in total. The zero-order valence-electron chi connectivity index (χ0n) is 19.2. The Labute approximate surface area is 190 Å². The van der Waals surface area contributed by atoms with Crippen molar-refractivity contribution >= 4 is 22.6 Å². The van der Waals surface area contributed by atoms with Gasteiger partial charge in [-0.15, -0.1) is 0 Å². The largest absolute Gasteiger partial charge is 0.463 e. The van der Waals surface area contributed by atoms with Crippen LogP contribution in [0.2, 0.25) is 0 Å². The predicted octanol–water partition coefficient (Wildman–Crippen LogP) is 4.90. The van der Waals surface area contributed by atoms with Crippen LogP contribution in [-0.2, 0) is 7.05 Å². The molecule has 4 aromatic heterocycles. The number of amides is 1. The Hall–Kier alpha value is -4.20. The highest BCUT2D eigenvalue weighted by atomic mass is 16.3. The molecule has 5 rings (SSSR count). The van der Waals surface area contributed by atoms with E-state index < -0.39 is 0 Å². The highest BCUT2D eigenvalue weighted by Crippen LogP contribution is 2.29. The van der Waals surface area contributed by atoms with Crippen molar-refractivity contribution in [1.29, 1.82) is 0 Å². The van der Waals surface area contributed by atoms with Crippen LogP contribution in [0.5, 0.6) is 0 Å². The Morgan fingerprint density at radius 3 is 2.45 bits per heavy atom. The molecule has 1 amide bonds. The molecule has 1 aromatic carbocycles. The Kier molecular flexibility index (Phi) is 4.85. The summed E-state index contributed by atoms with van der Waals surface area (Å²) in [6.07, 6.45) is 1.58. The van der Waals surface area contributed by atoms with E-state index in [0.717, 1.165) is 22.8 Å². The SMILES string of the molecule is Cc1ccc(-n2nc(C)c(NC(=O)c3cc(-c4ccco4)nc4c3c(C)nn4C)c2C)cc1. The lowest BCUT2D eigenvalue weighted by Crippen LogP contribution is -2.14. The lowest BCUT2D eigenvalue weighted by atomic mass is 10.1. The van der Waals surface area contributed by atoms with E-state index in [1.54, 1.807) is 23.1 Å². The Bertz CT molecular complexity index is 1490. The van der Waals surface area contributed by atoms with Crippen LogP contribution in [0, 0.1) is 27.7 Å². The third kappa shape index (κ3) is 3.49. The van der Waals surface area contributed by atoms with Gasteiger partial charge in [-0.2, -0.15) is 10.2 Å². The molecule has 0 saturated heterocycles. The van der Waals surface area contributed by atoms with Crippen LogP contribution in [0.3, 0.4) is 0 Å². The third-order valence-corrected chi connectivity index (χ3v) is 5.80. The van der Waals surface area contributed by atoms with Crippen molar-refractivity contribution in [2.45, 2.75) is 27.7 Å². The molecule has 0 bridgehead atoms. The van der Waals surface area contributed by atoms with Gasteiger partial charge in [0.1, 0.15) is 5.69 Å². The highest BCUT2D eigenvalue weighted by Gasteiger charge is 2.22. The van der Waals surface area contributed by atoms with Gasteiger partial charge in [-0.1, -0.05) is 17.7 Å². The number of nitrogens with one attached hydrogen (secondary N) is 1. The lowest BCUT2D eigenvalue weighted by Gasteiger charge is -2.10. The van der Waals surface area contributed by atoms with Crippen molar-refractivity contribution in [2.24, 2.45) is 7.05 Å². The summed E-state index contributed by atoms with van der Waals surface area (Å²) >= 11 is 0. The third-order valence-electron chi connectivity index (χ3n) is 5.80. The molecule has 4 heterocycles. The summed E-state index contributed by atoms with van der Waals surface area (Å²) in [5.74, 6) is 0.338. The van der Waals surface area contributed by atoms with Gasteiger partial charge in [0.05, 0.1) is 45.7 Å². The van der Waals surface area contributed by atoms with Gasteiger partial charge in [-0.05, 0) is 58.0 Å². The quantitative estimate of drug-likeness (QED) is 0.429. The molecule has 0 aliphatic heterocycles. The average Bonchev–Trinajstić information content (AvgIpc) is 3.50. The zero-order valence-corrected chi connectivity index (χ0v) is 19.2. The molecule has 166 valence electrons. The number of benzene rings is 1. The fraction of sp³-hybridized carbons (Fsp3) is 0.200. The van der Waals surface area contributed by atoms with Gasteiger partial charge >= 0.3 is 0 Å². The van der Waals surface area contributed by atoms with E-state index in [2.05, 4.69) is 20.5 Å². The molecule has 0 radical (unpaired) electrons. The summed E-state index contributed by atoms with van der Waals surface area (Å²) in [5.41, 5.74) is 6.81. The Morgan fingerprint density at radius 2 is 1.76 bits per heavy atom. The summed E-state index contributed by atoms with van der Waals surface area (Å²) in [5, 5.41) is 12.9. The number of anilines is 1. The number of aryl methyl sites for hydroxylation is 4. The number of nitrogens with zero attached hydrogens (tertiary/aromatic N) is 5. The first-order valence-corrected chi connectivity index (χ1v) is 10.7. The van der Waals surface area contributed by atoms with E-state index in [-0.39, 0.29) is 5.91 Å². The van der Waals surface area contributed by atoms with E-state index in [0.29, 0.717) is 33.7 Å². The molecular weight excluding hydrogens is 416 g/mol. The van der Waals surface area contributed by atoms with Crippen LogP contribution < -0.4 is 5.32 Å². The highest BCUT2D eigenvalue weighted by molar-refractivity contribution is 6.13. The maximum atomic E-state index is 13.6. The number of rotatable bonds is 4. The fourth-order valence-electron chi connectivity index (χ4n) is 4.12. The van der Waals surface area contributed by atoms with Crippen molar-refractivity contribution in [3.8, 4) is 17.1 Å². The maximum absolute atomic E-state index is 13.6.